The minimum Gasteiger partial charge on any atom is -0.391 e. The molecule has 1 saturated heterocycles. The summed E-state index contributed by atoms with van der Waals surface area (Å²) in [4.78, 5) is 4.89. The Morgan fingerprint density at radius 1 is 0.833 bits per heavy atom. The van der Waals surface area contributed by atoms with Crippen molar-refractivity contribution in [3.63, 3.8) is 0 Å². The maximum absolute atomic E-state index is 10.3. The van der Waals surface area contributed by atoms with Crippen molar-refractivity contribution < 1.29 is 5.11 Å². The molecule has 3 heteroatoms. The highest BCUT2D eigenvalue weighted by Crippen LogP contribution is 2.11. The quantitative estimate of drug-likeness (QED) is 0.885. The van der Waals surface area contributed by atoms with Crippen LogP contribution in [0.1, 0.15) is 16.7 Å². The highest BCUT2D eigenvalue weighted by atomic mass is 16.3. The Morgan fingerprint density at radius 2 is 1.46 bits per heavy atom. The Bertz CT molecular complexity index is 603. The van der Waals surface area contributed by atoms with E-state index in [0.29, 0.717) is 0 Å². The van der Waals surface area contributed by atoms with Crippen LogP contribution in [0.3, 0.4) is 0 Å². The molecule has 1 fully saturated rings. The summed E-state index contributed by atoms with van der Waals surface area (Å²) in [5.74, 6) is 0. The van der Waals surface area contributed by atoms with Gasteiger partial charge in [-0.15, -0.1) is 0 Å². The molecule has 0 amide bonds. The molecule has 24 heavy (non-hydrogen) atoms. The lowest BCUT2D eigenvalue weighted by Crippen LogP contribution is -2.48. The zero-order chi connectivity index (χ0) is 16.8. The summed E-state index contributed by atoms with van der Waals surface area (Å²) in [7, 11) is 0. The smallest absolute Gasteiger partial charge is 0.0707 e. The van der Waals surface area contributed by atoms with Crippen molar-refractivity contribution in [2.75, 3.05) is 32.7 Å². The molecule has 0 spiro atoms. The number of aryl methyl sites for hydroxylation is 1. The van der Waals surface area contributed by atoms with Crippen molar-refractivity contribution in [1.29, 1.82) is 0 Å². The summed E-state index contributed by atoms with van der Waals surface area (Å²) in [5.41, 5.74) is 3.91. The summed E-state index contributed by atoms with van der Waals surface area (Å²) in [6.07, 6.45) is 0.459. The molecule has 1 atom stereocenters. The van der Waals surface area contributed by atoms with E-state index in [9.17, 15) is 5.11 Å². The number of piperazine rings is 1. The summed E-state index contributed by atoms with van der Waals surface area (Å²) >= 11 is 0. The fraction of sp³-hybridized carbons (Fsp3) is 0.429. The van der Waals surface area contributed by atoms with Gasteiger partial charge in [0.05, 0.1) is 6.10 Å². The molecular formula is C21H28N2O. The van der Waals surface area contributed by atoms with Gasteiger partial charge in [0.15, 0.2) is 0 Å². The second-order valence-electron chi connectivity index (χ2n) is 6.91. The van der Waals surface area contributed by atoms with Gasteiger partial charge in [0.2, 0.25) is 0 Å². The van der Waals surface area contributed by atoms with Gasteiger partial charge in [-0.2, -0.15) is 0 Å². The van der Waals surface area contributed by atoms with Crippen LogP contribution in [0.5, 0.6) is 0 Å². The minimum absolute atomic E-state index is 0.281. The van der Waals surface area contributed by atoms with E-state index in [1.54, 1.807) is 0 Å². The Morgan fingerprint density at radius 3 is 2.12 bits per heavy atom. The highest BCUT2D eigenvalue weighted by molar-refractivity contribution is 5.21. The predicted octanol–water partition coefficient (Wildman–Crippen LogP) is 2.72. The molecule has 2 aromatic rings. The molecular weight excluding hydrogens is 296 g/mol. The van der Waals surface area contributed by atoms with E-state index in [1.165, 1.54) is 16.7 Å². The van der Waals surface area contributed by atoms with E-state index in [-0.39, 0.29) is 6.10 Å². The van der Waals surface area contributed by atoms with Crippen molar-refractivity contribution >= 4 is 0 Å². The molecule has 1 N–H and O–H groups in total. The van der Waals surface area contributed by atoms with Gasteiger partial charge < -0.3 is 5.11 Å². The molecule has 1 aliphatic rings. The number of aliphatic hydroxyl groups excluding tert-OH is 1. The lowest BCUT2D eigenvalue weighted by atomic mass is 10.1. The van der Waals surface area contributed by atoms with Crippen LogP contribution in [0.25, 0.3) is 0 Å². The van der Waals surface area contributed by atoms with Crippen molar-refractivity contribution in [2.45, 2.75) is 26.0 Å². The molecule has 3 nitrogen and oxygen atoms in total. The SMILES string of the molecule is Cc1ccc(CN2CCN(CC(O)Cc3ccccc3)CC2)cc1. The maximum atomic E-state index is 10.3. The zero-order valence-corrected chi connectivity index (χ0v) is 14.6. The summed E-state index contributed by atoms with van der Waals surface area (Å²) in [6, 6.07) is 19.1. The predicted molar refractivity (Wildman–Crippen MR) is 99.0 cm³/mol. The van der Waals surface area contributed by atoms with Crippen molar-refractivity contribution in [2.24, 2.45) is 0 Å². The van der Waals surface area contributed by atoms with Crippen LogP contribution in [0.2, 0.25) is 0 Å². The van der Waals surface area contributed by atoms with E-state index < -0.39 is 0 Å². The minimum atomic E-state index is -0.281. The van der Waals surface area contributed by atoms with Gasteiger partial charge in [0.1, 0.15) is 0 Å². The molecule has 1 unspecified atom stereocenters. The Kier molecular flexibility index (Phi) is 6.02. The molecule has 3 rings (SSSR count). The number of aliphatic hydroxyl groups is 1. The fourth-order valence-corrected chi connectivity index (χ4v) is 3.33. The molecule has 0 aliphatic carbocycles. The van der Waals surface area contributed by atoms with E-state index in [4.69, 9.17) is 0 Å². The Hall–Kier alpha value is -1.68. The lowest BCUT2D eigenvalue weighted by molar-refractivity contribution is 0.0705. The molecule has 1 aliphatic heterocycles. The van der Waals surface area contributed by atoms with Crippen molar-refractivity contribution in [3.05, 3.63) is 71.3 Å². The average molecular weight is 324 g/mol. The third kappa shape index (κ3) is 5.17. The highest BCUT2D eigenvalue weighted by Gasteiger charge is 2.19. The molecule has 0 aromatic heterocycles. The van der Waals surface area contributed by atoms with Gasteiger partial charge in [0.25, 0.3) is 0 Å². The van der Waals surface area contributed by atoms with Gasteiger partial charge in [-0.3, -0.25) is 9.80 Å². The van der Waals surface area contributed by atoms with Crippen molar-refractivity contribution in [3.8, 4) is 0 Å². The molecule has 1 heterocycles. The fourth-order valence-electron chi connectivity index (χ4n) is 3.33. The molecule has 0 saturated carbocycles. The average Bonchev–Trinajstić information content (AvgIpc) is 2.59. The lowest BCUT2D eigenvalue weighted by Gasteiger charge is -2.35. The third-order valence-corrected chi connectivity index (χ3v) is 4.77. The number of benzene rings is 2. The van der Waals surface area contributed by atoms with Crippen LogP contribution in [-0.2, 0) is 13.0 Å². The van der Waals surface area contributed by atoms with Crippen molar-refractivity contribution in [1.82, 2.24) is 9.80 Å². The topological polar surface area (TPSA) is 26.7 Å². The van der Waals surface area contributed by atoms with E-state index in [0.717, 1.165) is 45.7 Å². The maximum Gasteiger partial charge on any atom is 0.0707 e. The normalized spacial score (nSPS) is 17.8. The first-order chi connectivity index (χ1) is 11.7. The number of hydrogen-bond donors (Lipinski definition) is 1. The second kappa shape index (κ2) is 8.43. The largest absolute Gasteiger partial charge is 0.391 e. The van der Waals surface area contributed by atoms with Crippen LogP contribution in [0, 0.1) is 6.92 Å². The monoisotopic (exact) mass is 324 g/mol. The summed E-state index contributed by atoms with van der Waals surface area (Å²) < 4.78 is 0. The standard InChI is InChI=1S/C21H28N2O/c1-18-7-9-20(10-8-18)16-22-11-13-23(14-12-22)17-21(24)15-19-5-3-2-4-6-19/h2-10,21,24H,11-17H2,1H3. The van der Waals surface area contributed by atoms with Crippen LogP contribution in [0.4, 0.5) is 0 Å². The Labute approximate surface area is 145 Å². The van der Waals surface area contributed by atoms with Crippen LogP contribution in [0.15, 0.2) is 54.6 Å². The van der Waals surface area contributed by atoms with Crippen LogP contribution >= 0.6 is 0 Å². The second-order valence-corrected chi connectivity index (χ2v) is 6.91. The molecule has 128 valence electrons. The summed E-state index contributed by atoms with van der Waals surface area (Å²) in [5, 5.41) is 10.3. The van der Waals surface area contributed by atoms with Crippen LogP contribution in [-0.4, -0.2) is 53.7 Å². The third-order valence-electron chi connectivity index (χ3n) is 4.77. The van der Waals surface area contributed by atoms with Gasteiger partial charge in [-0.1, -0.05) is 60.2 Å². The summed E-state index contributed by atoms with van der Waals surface area (Å²) in [6.45, 7) is 8.16. The number of nitrogens with zero attached hydrogens (tertiary/aromatic N) is 2. The number of rotatable bonds is 6. The first kappa shape index (κ1) is 17.2. The Balaban J connectivity index is 1.41. The zero-order valence-electron chi connectivity index (χ0n) is 14.6. The first-order valence-electron chi connectivity index (χ1n) is 8.91. The number of β-amino-alcohol motifs (C(OH)–C–C–N with tert-alkyl or cyclic N) is 1. The van der Waals surface area contributed by atoms with E-state index in [2.05, 4.69) is 53.1 Å². The molecule has 2 aromatic carbocycles. The van der Waals surface area contributed by atoms with Gasteiger partial charge in [0, 0.05) is 39.3 Å². The number of hydrogen-bond acceptors (Lipinski definition) is 3. The van der Waals surface area contributed by atoms with Gasteiger partial charge in [-0.25, -0.2) is 0 Å². The van der Waals surface area contributed by atoms with Gasteiger partial charge >= 0.3 is 0 Å². The molecule has 0 bridgehead atoms. The molecule has 0 radical (unpaired) electrons. The van der Waals surface area contributed by atoms with E-state index in [1.807, 2.05) is 18.2 Å². The van der Waals surface area contributed by atoms with E-state index >= 15 is 0 Å². The van der Waals surface area contributed by atoms with Crippen LogP contribution < -0.4 is 0 Å². The first-order valence-corrected chi connectivity index (χ1v) is 8.91. The van der Waals surface area contributed by atoms with Gasteiger partial charge in [-0.05, 0) is 24.5 Å².